The number of fused-ring (bicyclic) bond motifs is 1. The van der Waals surface area contributed by atoms with Crippen LogP contribution >= 0.6 is 23.5 Å². The highest BCUT2D eigenvalue weighted by molar-refractivity contribution is 8.17. The third-order valence-electron chi connectivity index (χ3n) is 4.82. The predicted molar refractivity (Wildman–Crippen MR) is 91.9 cm³/mol. The van der Waals surface area contributed by atoms with Crippen molar-refractivity contribution in [3.05, 3.63) is 0 Å². The van der Waals surface area contributed by atoms with Crippen molar-refractivity contribution in [1.82, 2.24) is 0 Å². The van der Waals surface area contributed by atoms with Crippen LogP contribution in [0.3, 0.4) is 0 Å². The van der Waals surface area contributed by atoms with Crippen molar-refractivity contribution in [1.29, 1.82) is 0 Å². The zero-order valence-electron chi connectivity index (χ0n) is 14.5. The van der Waals surface area contributed by atoms with E-state index in [1.54, 1.807) is 23.5 Å². The smallest absolute Gasteiger partial charge is 0.190 e. The predicted octanol–water partition coefficient (Wildman–Crippen LogP) is 1.94. The van der Waals surface area contributed by atoms with Crippen LogP contribution in [0.5, 0.6) is 0 Å². The summed E-state index contributed by atoms with van der Waals surface area (Å²) in [5, 5.41) is 11.8. The minimum absolute atomic E-state index is 0.0314. The molecule has 0 saturated carbocycles. The first-order valence-electron chi connectivity index (χ1n) is 8.50. The molecule has 4 aliphatic heterocycles. The van der Waals surface area contributed by atoms with Gasteiger partial charge in [0, 0.05) is 0 Å². The Balaban J connectivity index is 1.63. The van der Waals surface area contributed by atoms with Crippen LogP contribution in [0.4, 0.5) is 0 Å². The molecule has 0 radical (unpaired) electrons. The molecule has 4 fully saturated rings. The summed E-state index contributed by atoms with van der Waals surface area (Å²) in [5.74, 6) is 0.634. The Bertz CT molecular complexity index is 495. The van der Waals surface area contributed by atoms with Gasteiger partial charge in [0.25, 0.3) is 0 Å². The average Bonchev–Trinajstić information content (AvgIpc) is 3.11. The second-order valence-corrected chi connectivity index (χ2v) is 10.4. The fourth-order valence-corrected chi connectivity index (χ4v) is 7.10. The molecule has 4 saturated heterocycles. The van der Waals surface area contributed by atoms with E-state index in [-0.39, 0.29) is 10.7 Å². The lowest BCUT2D eigenvalue weighted by Crippen LogP contribution is -2.59. The summed E-state index contributed by atoms with van der Waals surface area (Å²) in [6.07, 6.45) is -0.818. The number of thioether (sulfide) groups is 2. The van der Waals surface area contributed by atoms with Crippen molar-refractivity contribution in [3.63, 3.8) is 0 Å². The van der Waals surface area contributed by atoms with Gasteiger partial charge < -0.3 is 28.8 Å². The average molecular weight is 379 g/mol. The molecule has 1 N–H and O–H groups in total. The summed E-state index contributed by atoms with van der Waals surface area (Å²) in [5.41, 5.74) is -1.18. The highest BCUT2D eigenvalue weighted by Gasteiger charge is 2.69. The Hall–Kier alpha value is 0.460. The van der Waals surface area contributed by atoms with Gasteiger partial charge in [0.1, 0.15) is 23.9 Å². The number of hydrogen-bond donors (Lipinski definition) is 1. The van der Waals surface area contributed by atoms with Crippen molar-refractivity contribution in [2.75, 3.05) is 18.1 Å². The zero-order chi connectivity index (χ0) is 17.2. The molecule has 4 aliphatic rings. The van der Waals surface area contributed by atoms with Gasteiger partial charge in [-0.1, -0.05) is 0 Å². The maximum absolute atomic E-state index is 11.8. The molecule has 0 aromatic heterocycles. The summed E-state index contributed by atoms with van der Waals surface area (Å²) in [6, 6.07) is 0. The summed E-state index contributed by atoms with van der Waals surface area (Å²) < 4.78 is 29.8. The van der Waals surface area contributed by atoms with E-state index in [1.165, 1.54) is 0 Å². The molecule has 0 spiro atoms. The molecule has 138 valence electrons. The van der Waals surface area contributed by atoms with Gasteiger partial charge in [-0.05, 0) is 45.6 Å². The lowest BCUT2D eigenvalue weighted by atomic mass is 9.91. The van der Waals surface area contributed by atoms with E-state index in [0.717, 1.165) is 17.9 Å². The Kier molecular flexibility index (Phi) is 4.45. The quantitative estimate of drug-likeness (QED) is 0.782. The molecular formula is C16H26O6S2. The largest absolute Gasteiger partial charge is 0.382 e. The van der Waals surface area contributed by atoms with Gasteiger partial charge >= 0.3 is 0 Å². The summed E-state index contributed by atoms with van der Waals surface area (Å²) >= 11 is 3.54. The maximum Gasteiger partial charge on any atom is 0.190 e. The van der Waals surface area contributed by atoms with Gasteiger partial charge in [0.05, 0.1) is 11.2 Å². The van der Waals surface area contributed by atoms with E-state index in [4.69, 9.17) is 23.7 Å². The van der Waals surface area contributed by atoms with Crippen molar-refractivity contribution in [3.8, 4) is 0 Å². The second kappa shape index (κ2) is 5.99. The van der Waals surface area contributed by atoms with E-state index in [2.05, 4.69) is 0 Å². The molecule has 0 bridgehead atoms. The van der Waals surface area contributed by atoms with Crippen LogP contribution in [-0.2, 0) is 23.7 Å². The van der Waals surface area contributed by atoms with Gasteiger partial charge in [0.15, 0.2) is 17.9 Å². The summed E-state index contributed by atoms with van der Waals surface area (Å²) in [4.78, 5) is 0. The highest BCUT2D eigenvalue weighted by atomic mass is 32.2. The SMILES string of the molecule is CC1(C)OCC([C@H]2O[C@@H]3OC(C)(C)O[C@@H]3C2(O)C2SCCCS2)O1. The fourth-order valence-electron chi connectivity index (χ4n) is 3.83. The molecule has 8 heteroatoms. The van der Waals surface area contributed by atoms with Crippen molar-refractivity contribution in [2.24, 2.45) is 0 Å². The lowest BCUT2D eigenvalue weighted by Gasteiger charge is -2.42. The normalized spacial score (nSPS) is 47.9. The standard InChI is InChI=1S/C16H26O6S2/c1-14(2)18-8-9(20-14)10-16(17,13-23-6-5-7-24-13)11-12(19-10)22-15(3,4)21-11/h9-13,17H,5-8H2,1-4H3/t9?,10-,11+,12-,16?/m1/s1. The molecule has 0 aromatic rings. The van der Waals surface area contributed by atoms with Crippen LogP contribution in [0.15, 0.2) is 0 Å². The Morgan fingerprint density at radius 3 is 2.25 bits per heavy atom. The first-order valence-corrected chi connectivity index (χ1v) is 10.6. The van der Waals surface area contributed by atoms with Crippen LogP contribution in [0, 0.1) is 0 Å². The molecule has 0 aliphatic carbocycles. The van der Waals surface area contributed by atoms with Gasteiger partial charge in [-0.2, -0.15) is 0 Å². The van der Waals surface area contributed by atoms with Crippen molar-refractivity contribution < 1.29 is 28.8 Å². The van der Waals surface area contributed by atoms with E-state index in [0.29, 0.717) is 6.61 Å². The Morgan fingerprint density at radius 1 is 0.917 bits per heavy atom. The second-order valence-electron chi connectivity index (χ2n) is 7.66. The van der Waals surface area contributed by atoms with Gasteiger partial charge in [-0.3, -0.25) is 0 Å². The molecule has 2 unspecified atom stereocenters. The van der Waals surface area contributed by atoms with E-state index in [1.807, 2.05) is 27.7 Å². The minimum atomic E-state index is -1.18. The monoisotopic (exact) mass is 378 g/mol. The molecule has 0 aromatic carbocycles. The van der Waals surface area contributed by atoms with E-state index in [9.17, 15) is 5.11 Å². The van der Waals surface area contributed by atoms with Crippen LogP contribution in [0.2, 0.25) is 0 Å². The number of rotatable bonds is 2. The van der Waals surface area contributed by atoms with Crippen LogP contribution in [0.1, 0.15) is 34.1 Å². The molecule has 24 heavy (non-hydrogen) atoms. The first-order chi connectivity index (χ1) is 11.2. The molecular weight excluding hydrogens is 352 g/mol. The molecule has 6 nitrogen and oxygen atoms in total. The molecule has 5 atom stereocenters. The van der Waals surface area contributed by atoms with E-state index < -0.39 is 35.7 Å². The molecule has 4 heterocycles. The minimum Gasteiger partial charge on any atom is -0.382 e. The molecule has 4 rings (SSSR count). The fraction of sp³-hybridized carbons (Fsp3) is 1.00. The van der Waals surface area contributed by atoms with Gasteiger partial charge in [-0.25, -0.2) is 0 Å². The first kappa shape index (κ1) is 17.9. The van der Waals surface area contributed by atoms with Gasteiger partial charge in [0.2, 0.25) is 0 Å². The van der Waals surface area contributed by atoms with Crippen LogP contribution < -0.4 is 0 Å². The number of aliphatic hydroxyl groups is 1. The highest BCUT2D eigenvalue weighted by Crippen LogP contribution is 2.53. The topological polar surface area (TPSA) is 66.4 Å². The number of ether oxygens (including phenoxy) is 5. The third-order valence-corrected chi connectivity index (χ3v) is 8.05. The summed E-state index contributed by atoms with van der Waals surface area (Å²) in [7, 11) is 0. The maximum atomic E-state index is 11.8. The Morgan fingerprint density at radius 2 is 1.62 bits per heavy atom. The third kappa shape index (κ3) is 2.93. The van der Waals surface area contributed by atoms with Crippen molar-refractivity contribution in [2.45, 2.75) is 80.5 Å². The van der Waals surface area contributed by atoms with E-state index >= 15 is 0 Å². The molecule has 0 amide bonds. The van der Waals surface area contributed by atoms with Crippen LogP contribution in [0.25, 0.3) is 0 Å². The van der Waals surface area contributed by atoms with Crippen LogP contribution in [-0.4, -0.2) is 69.6 Å². The lowest BCUT2D eigenvalue weighted by molar-refractivity contribution is -0.245. The number of hydrogen-bond acceptors (Lipinski definition) is 8. The Labute approximate surface area is 151 Å². The zero-order valence-corrected chi connectivity index (χ0v) is 16.2. The van der Waals surface area contributed by atoms with Crippen molar-refractivity contribution >= 4 is 23.5 Å². The van der Waals surface area contributed by atoms with Gasteiger partial charge in [-0.15, -0.1) is 23.5 Å². The summed E-state index contributed by atoms with van der Waals surface area (Å²) in [6.45, 7) is 7.85.